The van der Waals surface area contributed by atoms with Crippen LogP contribution in [0.2, 0.25) is 0 Å². The predicted molar refractivity (Wildman–Crippen MR) is 108 cm³/mol. The minimum Gasteiger partial charge on any atom is -0.459 e. The third-order valence-corrected chi connectivity index (χ3v) is 7.69. The monoisotopic (exact) mass is 370 g/mol. The Morgan fingerprint density at radius 3 is 2.37 bits per heavy atom. The largest absolute Gasteiger partial charge is 0.459 e. The molecule has 27 heavy (non-hydrogen) atoms. The molecular weight excluding hydrogens is 336 g/mol. The highest BCUT2D eigenvalue weighted by atomic mass is 16.6. The van der Waals surface area contributed by atoms with Gasteiger partial charge in [-0.25, -0.2) is 0 Å². The number of fused-ring (bicyclic) bond motifs is 1. The van der Waals surface area contributed by atoms with E-state index in [-0.39, 0.29) is 41.3 Å². The fraction of sp³-hybridized carbons (Fsp3) is 0.667. The molecule has 8 atom stereocenters. The molecule has 0 bridgehead atoms. The fourth-order valence-corrected chi connectivity index (χ4v) is 6.07. The zero-order valence-corrected chi connectivity index (χ0v) is 17.2. The van der Waals surface area contributed by atoms with Gasteiger partial charge in [-0.2, -0.15) is 0 Å². The molecule has 148 valence electrons. The Morgan fingerprint density at radius 1 is 1.15 bits per heavy atom. The van der Waals surface area contributed by atoms with Gasteiger partial charge in [0.2, 0.25) is 0 Å². The van der Waals surface area contributed by atoms with Gasteiger partial charge >= 0.3 is 5.97 Å². The second-order valence-electron chi connectivity index (χ2n) is 9.14. The topological polar surface area (TPSA) is 43.4 Å². The van der Waals surface area contributed by atoms with Crippen LogP contribution in [0.15, 0.2) is 37.0 Å². The molecule has 8 unspecified atom stereocenters. The van der Waals surface area contributed by atoms with Gasteiger partial charge in [-0.05, 0) is 70.1 Å². The van der Waals surface area contributed by atoms with Crippen molar-refractivity contribution in [3.05, 3.63) is 37.0 Å². The van der Waals surface area contributed by atoms with Crippen molar-refractivity contribution in [2.45, 2.75) is 59.0 Å². The Hall–Kier alpha value is -1.64. The molecule has 1 saturated heterocycles. The van der Waals surface area contributed by atoms with Crippen molar-refractivity contribution in [1.29, 1.82) is 0 Å². The highest BCUT2D eigenvalue weighted by Crippen LogP contribution is 2.56. The lowest BCUT2D eigenvalue weighted by Crippen LogP contribution is -2.35. The van der Waals surface area contributed by atoms with Gasteiger partial charge in [0.25, 0.3) is 0 Å². The summed E-state index contributed by atoms with van der Waals surface area (Å²) in [4.78, 5) is 24.8. The summed E-state index contributed by atoms with van der Waals surface area (Å²) in [5.74, 6) is 1.62. The van der Waals surface area contributed by atoms with Crippen LogP contribution in [-0.2, 0) is 14.3 Å². The van der Waals surface area contributed by atoms with E-state index in [0.717, 1.165) is 25.7 Å². The van der Waals surface area contributed by atoms with Gasteiger partial charge in [0.15, 0.2) is 0 Å². The van der Waals surface area contributed by atoms with Crippen molar-refractivity contribution in [3.63, 3.8) is 0 Å². The van der Waals surface area contributed by atoms with Gasteiger partial charge in [0, 0.05) is 11.8 Å². The lowest BCUT2D eigenvalue weighted by Gasteiger charge is -2.31. The SMILES string of the molecule is C=CC1CC(C(C)=O)C(/C(C)=C\C2CC(C=C)C3C(=O)OC(C)(CC)C23)C1. The van der Waals surface area contributed by atoms with Gasteiger partial charge in [-0.15, -0.1) is 13.2 Å². The van der Waals surface area contributed by atoms with Crippen molar-refractivity contribution >= 4 is 11.8 Å². The number of carbonyl (C=O) groups is 2. The summed E-state index contributed by atoms with van der Waals surface area (Å²) < 4.78 is 5.84. The fourth-order valence-electron chi connectivity index (χ4n) is 6.07. The van der Waals surface area contributed by atoms with E-state index in [2.05, 4.69) is 40.0 Å². The van der Waals surface area contributed by atoms with Crippen molar-refractivity contribution in [1.82, 2.24) is 0 Å². The van der Waals surface area contributed by atoms with Crippen LogP contribution in [0.3, 0.4) is 0 Å². The Labute approximate surface area is 163 Å². The number of ether oxygens (including phenoxy) is 1. The number of cyclic esters (lactones) is 1. The standard InChI is InChI=1S/C24H34O3/c1-7-16-11-19(20(12-16)15(5)25)14(4)10-18-13-17(8-2)21-22(18)24(6,9-3)27-23(21)26/h7-8,10,16-22H,1-2,9,11-13H2,3-6H3/b14-10-. The lowest BCUT2D eigenvalue weighted by atomic mass is 9.75. The Bertz CT molecular complexity index is 675. The number of hydrogen-bond acceptors (Lipinski definition) is 3. The van der Waals surface area contributed by atoms with E-state index in [1.165, 1.54) is 5.57 Å². The van der Waals surface area contributed by atoms with Crippen molar-refractivity contribution in [3.8, 4) is 0 Å². The van der Waals surface area contributed by atoms with E-state index in [1.807, 2.05) is 12.2 Å². The quantitative estimate of drug-likeness (QED) is 0.481. The minimum atomic E-state index is -0.403. The molecular formula is C24H34O3. The Balaban J connectivity index is 1.90. The average Bonchev–Trinajstić information content (AvgIpc) is 3.29. The number of esters is 1. The normalized spacial score (nSPS) is 44.1. The minimum absolute atomic E-state index is 0.0583. The molecule has 1 heterocycles. The van der Waals surface area contributed by atoms with E-state index in [9.17, 15) is 9.59 Å². The van der Waals surface area contributed by atoms with Crippen molar-refractivity contribution in [2.24, 2.45) is 41.4 Å². The van der Waals surface area contributed by atoms with E-state index >= 15 is 0 Å². The van der Waals surface area contributed by atoms with E-state index in [4.69, 9.17) is 4.74 Å². The highest BCUT2D eigenvalue weighted by Gasteiger charge is 2.60. The van der Waals surface area contributed by atoms with E-state index in [0.29, 0.717) is 11.8 Å². The predicted octanol–water partition coefficient (Wildman–Crippen LogP) is 5.13. The third-order valence-electron chi connectivity index (χ3n) is 7.69. The third kappa shape index (κ3) is 3.34. The van der Waals surface area contributed by atoms with Gasteiger partial charge in [-0.1, -0.05) is 30.7 Å². The zero-order valence-electron chi connectivity index (χ0n) is 17.2. The molecule has 0 amide bonds. The molecule has 0 aromatic rings. The molecule has 1 aliphatic heterocycles. The van der Waals surface area contributed by atoms with Crippen LogP contribution in [0.1, 0.15) is 53.4 Å². The molecule has 0 N–H and O–H groups in total. The molecule has 2 aliphatic carbocycles. The molecule has 3 nitrogen and oxygen atoms in total. The van der Waals surface area contributed by atoms with Crippen LogP contribution in [0.4, 0.5) is 0 Å². The summed E-state index contributed by atoms with van der Waals surface area (Å²) in [6.07, 6.45) is 9.99. The van der Waals surface area contributed by atoms with Crippen LogP contribution in [0.25, 0.3) is 0 Å². The zero-order chi connectivity index (χ0) is 19.9. The van der Waals surface area contributed by atoms with Crippen LogP contribution >= 0.6 is 0 Å². The molecule has 2 saturated carbocycles. The maximum absolute atomic E-state index is 12.6. The van der Waals surface area contributed by atoms with Gasteiger partial charge in [0.05, 0.1) is 5.92 Å². The average molecular weight is 371 g/mol. The summed E-state index contributed by atoms with van der Waals surface area (Å²) in [5.41, 5.74) is 0.895. The van der Waals surface area contributed by atoms with Crippen LogP contribution in [0.5, 0.6) is 0 Å². The molecule has 3 aliphatic rings. The summed E-state index contributed by atoms with van der Waals surface area (Å²) in [7, 11) is 0. The van der Waals surface area contributed by atoms with Crippen molar-refractivity contribution < 1.29 is 14.3 Å². The molecule has 0 spiro atoms. The van der Waals surface area contributed by atoms with Crippen molar-refractivity contribution in [2.75, 3.05) is 0 Å². The maximum Gasteiger partial charge on any atom is 0.310 e. The van der Waals surface area contributed by atoms with Gasteiger partial charge in [-0.3, -0.25) is 9.59 Å². The first-order valence-electron chi connectivity index (χ1n) is 10.4. The molecule has 0 aromatic carbocycles. The van der Waals surface area contributed by atoms with Crippen LogP contribution in [0, 0.1) is 41.4 Å². The number of Topliss-reactive ketones (excluding diaryl/α,β-unsaturated/α-hetero) is 1. The number of allylic oxidation sites excluding steroid dienone is 4. The Morgan fingerprint density at radius 2 is 1.81 bits per heavy atom. The van der Waals surface area contributed by atoms with Gasteiger partial charge in [0.1, 0.15) is 11.4 Å². The number of hydrogen-bond donors (Lipinski definition) is 0. The second kappa shape index (κ2) is 7.41. The second-order valence-corrected chi connectivity index (χ2v) is 9.14. The first-order valence-corrected chi connectivity index (χ1v) is 10.4. The molecule has 3 fully saturated rings. The molecule has 0 radical (unpaired) electrons. The molecule has 0 aromatic heterocycles. The van der Waals surface area contributed by atoms with Gasteiger partial charge < -0.3 is 4.74 Å². The summed E-state index contributed by atoms with van der Waals surface area (Å²) in [5, 5.41) is 0. The summed E-state index contributed by atoms with van der Waals surface area (Å²) in [6.45, 7) is 16.0. The first-order chi connectivity index (χ1) is 12.8. The van der Waals surface area contributed by atoms with Crippen LogP contribution in [-0.4, -0.2) is 17.4 Å². The number of rotatable bonds is 6. The van der Waals surface area contributed by atoms with E-state index in [1.54, 1.807) is 6.92 Å². The molecule has 3 heteroatoms. The van der Waals surface area contributed by atoms with E-state index < -0.39 is 5.60 Å². The number of ketones is 1. The first kappa shape index (κ1) is 20.1. The lowest BCUT2D eigenvalue weighted by molar-refractivity contribution is -0.151. The number of carbonyl (C=O) groups excluding carboxylic acids is 2. The summed E-state index contributed by atoms with van der Waals surface area (Å²) in [6, 6.07) is 0. The summed E-state index contributed by atoms with van der Waals surface area (Å²) >= 11 is 0. The van der Waals surface area contributed by atoms with Crippen LogP contribution < -0.4 is 0 Å². The smallest absolute Gasteiger partial charge is 0.310 e. The maximum atomic E-state index is 12.6. The highest BCUT2D eigenvalue weighted by molar-refractivity contribution is 5.79. The Kier molecular flexibility index (Phi) is 5.52. The molecule has 3 rings (SSSR count).